The minimum absolute atomic E-state index is 0.111. The average Bonchev–Trinajstić information content (AvgIpc) is 2.71. The van der Waals surface area contributed by atoms with Gasteiger partial charge in [-0.25, -0.2) is 0 Å². The van der Waals surface area contributed by atoms with Gasteiger partial charge in [0, 0.05) is 6.42 Å². The molecule has 0 N–H and O–H groups in total. The summed E-state index contributed by atoms with van der Waals surface area (Å²) in [5.41, 5.74) is -2.11. The molecule has 31 heavy (non-hydrogen) atoms. The van der Waals surface area contributed by atoms with Crippen molar-refractivity contribution in [3.63, 3.8) is 0 Å². The lowest BCUT2D eigenvalue weighted by Gasteiger charge is -2.16. The first kappa shape index (κ1) is 29.6. The van der Waals surface area contributed by atoms with Gasteiger partial charge in [0.1, 0.15) is 7.38 Å². The second-order valence-corrected chi connectivity index (χ2v) is 16.6. The first-order valence-electron chi connectivity index (χ1n) is 11.5. The summed E-state index contributed by atoms with van der Waals surface area (Å²) in [4.78, 5) is 11.9. The number of esters is 1. The summed E-state index contributed by atoms with van der Waals surface area (Å²) in [6.45, 7) is 9.68. The Morgan fingerprint density at radius 1 is 0.903 bits per heavy atom. The Kier molecular flexibility index (Phi) is 14.7. The number of carbonyl (C=O) groups excluding carboxylic acids is 1. The molecular formula is C23H41ClN4O2Si. The van der Waals surface area contributed by atoms with E-state index in [-0.39, 0.29) is 18.8 Å². The number of nitrogens with zero attached hydrogens (tertiary/aromatic N) is 4. The highest BCUT2D eigenvalue weighted by molar-refractivity contribution is 7.19. The summed E-state index contributed by atoms with van der Waals surface area (Å²) >= 11 is 6.33. The van der Waals surface area contributed by atoms with Crippen molar-refractivity contribution in [3.05, 3.63) is 0 Å². The molecule has 0 aromatic carbocycles. The highest BCUT2D eigenvalue weighted by atomic mass is 35.6. The Hall–Kier alpha value is -1.44. The van der Waals surface area contributed by atoms with E-state index in [1.807, 2.05) is 6.07 Å². The minimum atomic E-state index is -1.39. The largest absolute Gasteiger partial charge is 0.466 e. The molecule has 0 spiro atoms. The van der Waals surface area contributed by atoms with E-state index in [0.29, 0.717) is 6.61 Å². The monoisotopic (exact) mass is 468 g/mol. The molecule has 1 atom stereocenters. The first-order chi connectivity index (χ1) is 14.4. The van der Waals surface area contributed by atoms with Crippen LogP contribution in [0.25, 0.3) is 0 Å². The normalized spacial score (nSPS) is 14.1. The maximum Gasteiger partial charge on any atom is 0.305 e. The van der Waals surface area contributed by atoms with Crippen LogP contribution in [0.1, 0.15) is 91.4 Å². The molecule has 0 fully saturated rings. The van der Waals surface area contributed by atoms with Crippen LogP contribution < -0.4 is 0 Å². The van der Waals surface area contributed by atoms with Gasteiger partial charge in [-0.15, -0.1) is 0 Å². The zero-order valence-electron chi connectivity index (χ0n) is 20.2. The van der Waals surface area contributed by atoms with E-state index in [0.717, 1.165) is 12.8 Å². The lowest BCUT2D eigenvalue weighted by atomic mass is 9.99. The zero-order chi connectivity index (χ0) is 23.8. The maximum atomic E-state index is 11.9. The second-order valence-electron chi connectivity index (χ2n) is 9.63. The quantitative estimate of drug-likeness (QED) is 0.0734. The van der Waals surface area contributed by atoms with Crippen LogP contribution in [0.15, 0.2) is 10.2 Å². The van der Waals surface area contributed by atoms with Crippen molar-refractivity contribution in [1.82, 2.24) is 0 Å². The Bertz CT molecular complexity index is 635. The van der Waals surface area contributed by atoms with Crippen molar-refractivity contribution in [3.8, 4) is 12.1 Å². The molecule has 0 heterocycles. The van der Waals surface area contributed by atoms with Crippen molar-refractivity contribution >= 4 is 24.4 Å². The van der Waals surface area contributed by atoms with E-state index in [4.69, 9.17) is 21.1 Å². The predicted octanol–water partition coefficient (Wildman–Crippen LogP) is 7.30. The number of halogens is 1. The van der Waals surface area contributed by atoms with Crippen molar-refractivity contribution in [1.29, 1.82) is 10.5 Å². The Balaban J connectivity index is 3.76. The van der Waals surface area contributed by atoms with E-state index in [2.05, 4.69) is 29.4 Å². The first-order valence-corrected chi connectivity index (χ1v) is 15.8. The molecule has 0 aliphatic rings. The third kappa shape index (κ3) is 17.9. The minimum Gasteiger partial charge on any atom is -0.466 e. The fourth-order valence-corrected chi connectivity index (χ4v) is 4.37. The predicted molar refractivity (Wildman–Crippen MR) is 128 cm³/mol. The summed E-state index contributed by atoms with van der Waals surface area (Å²) in [7, 11) is -1.39. The maximum absolute atomic E-state index is 11.9. The number of carbonyl (C=O) groups is 1. The molecule has 0 aromatic heterocycles. The zero-order valence-corrected chi connectivity index (χ0v) is 21.9. The smallest absolute Gasteiger partial charge is 0.305 e. The highest BCUT2D eigenvalue weighted by Gasteiger charge is 2.27. The molecule has 6 nitrogen and oxygen atoms in total. The molecule has 0 rings (SSSR count). The number of nitriles is 2. The summed E-state index contributed by atoms with van der Waals surface area (Å²) in [5, 5.41) is 26.2. The van der Waals surface area contributed by atoms with Crippen molar-refractivity contribution in [2.24, 2.45) is 10.2 Å². The number of hydrogen-bond acceptors (Lipinski definition) is 6. The molecule has 0 bridgehead atoms. The van der Waals surface area contributed by atoms with Gasteiger partial charge in [-0.1, -0.05) is 64.5 Å². The Morgan fingerprint density at radius 2 is 1.42 bits per heavy atom. The van der Waals surface area contributed by atoms with Gasteiger partial charge in [-0.2, -0.15) is 31.8 Å². The average molecular weight is 469 g/mol. The molecule has 8 heteroatoms. The van der Waals surface area contributed by atoms with Gasteiger partial charge < -0.3 is 4.74 Å². The molecule has 1 unspecified atom stereocenters. The summed E-state index contributed by atoms with van der Waals surface area (Å²) in [6.07, 6.45) is 11.1. The molecule has 0 aliphatic carbocycles. The van der Waals surface area contributed by atoms with Gasteiger partial charge in [0.05, 0.1) is 18.7 Å². The number of ether oxygens (including phenoxy) is 1. The highest BCUT2D eigenvalue weighted by Crippen LogP contribution is 2.21. The third-order valence-electron chi connectivity index (χ3n) is 5.03. The molecular weight excluding hydrogens is 428 g/mol. The SMILES string of the molecule is CC(C)(C#N)N=NC(C)(C#N)CCC(=O)OCCCCCCCCCCC[Si](C)(C)Cl. The van der Waals surface area contributed by atoms with E-state index in [1.165, 1.54) is 51.0 Å². The van der Waals surface area contributed by atoms with Crippen LogP contribution in [0.2, 0.25) is 19.1 Å². The topological polar surface area (TPSA) is 98.6 Å². The number of unbranched alkanes of at least 4 members (excludes halogenated alkanes) is 8. The Morgan fingerprint density at radius 3 is 1.90 bits per heavy atom. The van der Waals surface area contributed by atoms with Gasteiger partial charge in [-0.3, -0.25) is 4.79 Å². The summed E-state index contributed by atoms with van der Waals surface area (Å²) < 4.78 is 5.27. The van der Waals surface area contributed by atoms with Crippen LogP contribution in [0.3, 0.4) is 0 Å². The number of rotatable bonds is 17. The number of hydrogen-bond donors (Lipinski definition) is 0. The van der Waals surface area contributed by atoms with Crippen LogP contribution in [0.5, 0.6) is 0 Å². The second kappa shape index (κ2) is 15.4. The van der Waals surface area contributed by atoms with Gasteiger partial charge in [0.15, 0.2) is 11.1 Å². The van der Waals surface area contributed by atoms with Gasteiger partial charge >= 0.3 is 5.97 Å². The van der Waals surface area contributed by atoms with Gasteiger partial charge in [-0.05, 0) is 39.7 Å². The van der Waals surface area contributed by atoms with E-state index in [1.54, 1.807) is 20.8 Å². The van der Waals surface area contributed by atoms with E-state index >= 15 is 0 Å². The van der Waals surface area contributed by atoms with Crippen molar-refractivity contribution in [2.45, 2.75) is 122 Å². The van der Waals surface area contributed by atoms with Crippen LogP contribution in [-0.4, -0.2) is 31.0 Å². The lowest BCUT2D eigenvalue weighted by molar-refractivity contribution is -0.144. The van der Waals surface area contributed by atoms with E-state index in [9.17, 15) is 10.1 Å². The lowest BCUT2D eigenvalue weighted by Crippen LogP contribution is -2.23. The van der Waals surface area contributed by atoms with Crippen LogP contribution in [0, 0.1) is 22.7 Å². The molecule has 0 aromatic rings. The van der Waals surface area contributed by atoms with E-state index < -0.39 is 18.5 Å². The fraction of sp³-hybridized carbons (Fsp3) is 0.870. The molecule has 0 saturated heterocycles. The van der Waals surface area contributed by atoms with Crippen molar-refractivity contribution in [2.75, 3.05) is 6.61 Å². The molecule has 176 valence electrons. The van der Waals surface area contributed by atoms with Crippen LogP contribution in [0.4, 0.5) is 0 Å². The summed E-state index contributed by atoms with van der Waals surface area (Å²) in [5.74, 6) is -0.320. The van der Waals surface area contributed by atoms with Crippen LogP contribution in [-0.2, 0) is 9.53 Å². The third-order valence-corrected chi connectivity index (χ3v) is 7.14. The summed E-state index contributed by atoms with van der Waals surface area (Å²) in [6, 6.07) is 5.29. The Labute approximate surface area is 195 Å². The van der Waals surface area contributed by atoms with Crippen molar-refractivity contribution < 1.29 is 9.53 Å². The van der Waals surface area contributed by atoms with Gasteiger partial charge in [0.2, 0.25) is 0 Å². The number of azo groups is 1. The molecule has 0 aliphatic heterocycles. The molecule has 0 saturated carbocycles. The fourth-order valence-electron chi connectivity index (χ4n) is 2.87. The van der Waals surface area contributed by atoms with Gasteiger partial charge in [0.25, 0.3) is 0 Å². The standard InChI is InChI=1S/C23H41ClN4O2Si/c1-22(2,19-25)27-28-23(3,20-26)16-15-21(29)30-17-13-11-9-7-6-8-10-12-14-18-31(4,5)24/h6-18H2,1-5H3. The molecule has 0 radical (unpaired) electrons. The van der Waals surface area contributed by atoms with Crippen LogP contribution >= 0.6 is 11.1 Å². The molecule has 0 amide bonds.